The van der Waals surface area contributed by atoms with E-state index >= 15 is 0 Å². The maximum Gasteiger partial charge on any atom is 0.267 e. The molecule has 0 saturated heterocycles. The summed E-state index contributed by atoms with van der Waals surface area (Å²) in [6.45, 7) is 4.36. The molecular formula is C24H50O4S. The largest absolute Gasteiger partial charge is 0.393 e. The lowest BCUT2D eigenvalue weighted by Crippen LogP contribution is -2.20. The SMILES string of the molecule is CCCCCCCC(CCCCCCCCCCC(O)CCCCC)S(=O)(=O)O. The molecule has 176 valence electrons. The van der Waals surface area contributed by atoms with E-state index in [0.717, 1.165) is 64.2 Å². The molecule has 29 heavy (non-hydrogen) atoms. The lowest BCUT2D eigenvalue weighted by Gasteiger charge is -2.13. The molecule has 0 radical (unpaired) electrons. The smallest absolute Gasteiger partial charge is 0.267 e. The molecule has 0 aliphatic heterocycles. The molecule has 2 unspecified atom stereocenters. The maximum absolute atomic E-state index is 11.6. The van der Waals surface area contributed by atoms with Gasteiger partial charge in [0.2, 0.25) is 0 Å². The molecule has 5 heteroatoms. The van der Waals surface area contributed by atoms with E-state index in [1.165, 1.54) is 51.4 Å². The second kappa shape index (κ2) is 19.8. The summed E-state index contributed by atoms with van der Waals surface area (Å²) in [5, 5.41) is 9.35. The fourth-order valence-electron chi connectivity index (χ4n) is 4.00. The highest BCUT2D eigenvalue weighted by molar-refractivity contribution is 7.86. The Hall–Kier alpha value is -0.130. The first kappa shape index (κ1) is 28.9. The van der Waals surface area contributed by atoms with Crippen LogP contribution in [0.15, 0.2) is 0 Å². The van der Waals surface area contributed by atoms with Crippen LogP contribution in [0, 0.1) is 0 Å². The van der Waals surface area contributed by atoms with Gasteiger partial charge >= 0.3 is 0 Å². The van der Waals surface area contributed by atoms with Crippen molar-refractivity contribution in [2.24, 2.45) is 0 Å². The first-order valence-corrected chi connectivity index (χ1v) is 14.1. The molecule has 0 fully saturated rings. The minimum atomic E-state index is -3.90. The molecule has 2 N–H and O–H groups in total. The van der Waals surface area contributed by atoms with Crippen molar-refractivity contribution in [2.75, 3.05) is 0 Å². The van der Waals surface area contributed by atoms with E-state index in [-0.39, 0.29) is 6.10 Å². The third-order valence-electron chi connectivity index (χ3n) is 6.01. The van der Waals surface area contributed by atoms with Crippen molar-refractivity contribution in [3.63, 3.8) is 0 Å². The van der Waals surface area contributed by atoms with E-state index < -0.39 is 15.4 Å². The lowest BCUT2D eigenvalue weighted by atomic mass is 10.0. The Labute approximate surface area is 182 Å². The first-order valence-electron chi connectivity index (χ1n) is 12.6. The third kappa shape index (κ3) is 19.6. The van der Waals surface area contributed by atoms with Crippen LogP contribution in [-0.2, 0) is 10.1 Å². The average molecular weight is 435 g/mol. The van der Waals surface area contributed by atoms with E-state index in [1.807, 2.05) is 0 Å². The summed E-state index contributed by atoms with van der Waals surface area (Å²) in [4.78, 5) is 0. The van der Waals surface area contributed by atoms with Crippen molar-refractivity contribution in [3.8, 4) is 0 Å². The van der Waals surface area contributed by atoms with Crippen molar-refractivity contribution in [2.45, 2.75) is 154 Å². The molecule has 0 amide bonds. The van der Waals surface area contributed by atoms with Crippen molar-refractivity contribution in [1.82, 2.24) is 0 Å². The van der Waals surface area contributed by atoms with E-state index in [1.54, 1.807) is 0 Å². The quantitative estimate of drug-likeness (QED) is 0.137. The number of rotatable bonds is 22. The van der Waals surface area contributed by atoms with Gasteiger partial charge in [-0.15, -0.1) is 0 Å². The van der Waals surface area contributed by atoms with Crippen LogP contribution in [0.3, 0.4) is 0 Å². The molecule has 0 aliphatic carbocycles. The average Bonchev–Trinajstić information content (AvgIpc) is 2.66. The van der Waals surface area contributed by atoms with Gasteiger partial charge in [0.05, 0.1) is 11.4 Å². The van der Waals surface area contributed by atoms with E-state index in [4.69, 9.17) is 0 Å². The topological polar surface area (TPSA) is 74.6 Å². The molecule has 0 spiro atoms. The monoisotopic (exact) mass is 434 g/mol. The summed E-state index contributed by atoms with van der Waals surface area (Å²) >= 11 is 0. The van der Waals surface area contributed by atoms with Gasteiger partial charge in [-0.05, 0) is 25.7 Å². The highest BCUT2D eigenvalue weighted by Gasteiger charge is 2.21. The van der Waals surface area contributed by atoms with Crippen molar-refractivity contribution < 1.29 is 18.1 Å². The van der Waals surface area contributed by atoms with Crippen molar-refractivity contribution in [1.29, 1.82) is 0 Å². The number of aliphatic hydroxyl groups excluding tert-OH is 1. The maximum atomic E-state index is 11.6. The van der Waals surface area contributed by atoms with Gasteiger partial charge in [0, 0.05) is 0 Å². The Morgan fingerprint density at radius 2 is 0.862 bits per heavy atom. The number of hydrogen-bond acceptors (Lipinski definition) is 3. The summed E-state index contributed by atoms with van der Waals surface area (Å²) in [6, 6.07) is 0. The van der Waals surface area contributed by atoms with E-state index in [0.29, 0.717) is 12.8 Å². The predicted molar refractivity (Wildman–Crippen MR) is 125 cm³/mol. The van der Waals surface area contributed by atoms with Crippen LogP contribution in [-0.4, -0.2) is 29.4 Å². The van der Waals surface area contributed by atoms with Gasteiger partial charge in [-0.1, -0.05) is 117 Å². The molecular weight excluding hydrogens is 384 g/mol. The van der Waals surface area contributed by atoms with Crippen molar-refractivity contribution in [3.05, 3.63) is 0 Å². The molecule has 0 aliphatic rings. The van der Waals surface area contributed by atoms with Gasteiger partial charge in [-0.2, -0.15) is 8.42 Å². The predicted octanol–water partition coefficient (Wildman–Crippen LogP) is 7.45. The molecule has 4 nitrogen and oxygen atoms in total. The highest BCUT2D eigenvalue weighted by atomic mass is 32.2. The lowest BCUT2D eigenvalue weighted by molar-refractivity contribution is 0.147. The molecule has 0 saturated carbocycles. The molecule has 0 bridgehead atoms. The number of unbranched alkanes of at least 4 members (excludes halogenated alkanes) is 13. The Kier molecular flexibility index (Phi) is 19.7. The van der Waals surface area contributed by atoms with Crippen LogP contribution < -0.4 is 0 Å². The first-order chi connectivity index (χ1) is 13.9. The van der Waals surface area contributed by atoms with Gasteiger partial charge in [0.25, 0.3) is 10.1 Å². The summed E-state index contributed by atoms with van der Waals surface area (Å²) in [7, 11) is -3.90. The molecule has 0 aromatic carbocycles. The third-order valence-corrected chi connectivity index (χ3v) is 7.32. The zero-order valence-electron chi connectivity index (χ0n) is 19.4. The van der Waals surface area contributed by atoms with Crippen LogP contribution >= 0.6 is 0 Å². The van der Waals surface area contributed by atoms with Gasteiger partial charge in [0.15, 0.2) is 0 Å². The zero-order chi connectivity index (χ0) is 21.8. The Morgan fingerprint density at radius 1 is 0.552 bits per heavy atom. The van der Waals surface area contributed by atoms with Crippen LogP contribution in [0.1, 0.15) is 142 Å². The minimum absolute atomic E-state index is 0.107. The number of aliphatic hydroxyl groups is 1. The Bertz CT molecular complexity index is 436. The van der Waals surface area contributed by atoms with Crippen LogP contribution in [0.4, 0.5) is 0 Å². The Morgan fingerprint density at radius 3 is 1.28 bits per heavy atom. The molecule has 0 heterocycles. The normalized spacial score (nSPS) is 14.2. The molecule has 0 rings (SSSR count). The second-order valence-corrected chi connectivity index (χ2v) is 10.6. The summed E-state index contributed by atoms with van der Waals surface area (Å²) < 4.78 is 32.6. The van der Waals surface area contributed by atoms with Gasteiger partial charge in [-0.25, -0.2) is 0 Å². The number of hydrogen-bond donors (Lipinski definition) is 2. The van der Waals surface area contributed by atoms with Gasteiger partial charge < -0.3 is 5.11 Å². The fourth-order valence-corrected chi connectivity index (χ4v) is 4.93. The summed E-state index contributed by atoms with van der Waals surface area (Å²) in [6.07, 6.45) is 21.2. The summed E-state index contributed by atoms with van der Waals surface area (Å²) in [5.41, 5.74) is 0. The van der Waals surface area contributed by atoms with Crippen molar-refractivity contribution >= 4 is 10.1 Å². The van der Waals surface area contributed by atoms with Crippen LogP contribution in [0.2, 0.25) is 0 Å². The van der Waals surface area contributed by atoms with Gasteiger partial charge in [-0.3, -0.25) is 4.55 Å². The Balaban J connectivity index is 3.60. The van der Waals surface area contributed by atoms with E-state index in [9.17, 15) is 18.1 Å². The molecule has 0 aromatic heterocycles. The molecule has 2 atom stereocenters. The minimum Gasteiger partial charge on any atom is -0.393 e. The van der Waals surface area contributed by atoms with E-state index in [2.05, 4.69) is 13.8 Å². The van der Waals surface area contributed by atoms with Crippen LogP contribution in [0.5, 0.6) is 0 Å². The fraction of sp³-hybridized carbons (Fsp3) is 1.00. The standard InChI is InChI=1S/C24H50O4S/c1-3-5-7-12-17-21-24(29(26,27)28)22-18-14-11-9-8-10-13-16-20-23(25)19-15-6-4-2/h23-25H,3-22H2,1-2H3,(H,26,27,28). The highest BCUT2D eigenvalue weighted by Crippen LogP contribution is 2.19. The molecule has 0 aromatic rings. The van der Waals surface area contributed by atoms with Gasteiger partial charge in [0.1, 0.15) is 0 Å². The zero-order valence-corrected chi connectivity index (χ0v) is 20.2. The summed E-state index contributed by atoms with van der Waals surface area (Å²) in [5.74, 6) is 0. The second-order valence-electron chi connectivity index (χ2n) is 8.90. The van der Waals surface area contributed by atoms with Crippen LogP contribution in [0.25, 0.3) is 0 Å².